The van der Waals surface area contributed by atoms with Crippen molar-refractivity contribution in [1.29, 1.82) is 0 Å². The smallest absolute Gasteiger partial charge is 0.158 e. The normalized spacial score (nSPS) is 23.4. The summed E-state index contributed by atoms with van der Waals surface area (Å²) in [4.78, 5) is 4.56. The minimum Gasteiger partial charge on any atom is -0.380 e. The van der Waals surface area contributed by atoms with E-state index in [-0.39, 0.29) is 0 Å². The Morgan fingerprint density at radius 2 is 2.26 bits per heavy atom. The third kappa shape index (κ3) is 2.43. The maximum atomic E-state index is 4.56. The highest BCUT2D eigenvalue weighted by atomic mass is 32.2. The Morgan fingerprint density at radius 3 is 2.95 bits per heavy atom. The molecule has 2 aromatic heterocycles. The van der Waals surface area contributed by atoms with Gasteiger partial charge in [-0.25, -0.2) is 9.67 Å². The van der Waals surface area contributed by atoms with Crippen molar-refractivity contribution < 1.29 is 0 Å². The fourth-order valence-electron chi connectivity index (χ4n) is 2.53. The summed E-state index contributed by atoms with van der Waals surface area (Å²) in [6, 6.07) is 3.06. The van der Waals surface area contributed by atoms with Gasteiger partial charge in [0.1, 0.15) is 0 Å². The summed E-state index contributed by atoms with van der Waals surface area (Å²) >= 11 is 2.04. The number of pyridine rings is 1. The maximum Gasteiger partial charge on any atom is 0.158 e. The SMILES string of the molecule is CC1SCCC1Nc1cnc2c(cnn2C(C)C)c1. The summed E-state index contributed by atoms with van der Waals surface area (Å²) in [5.74, 6) is 1.25. The fraction of sp³-hybridized carbons (Fsp3) is 0.571. The fourth-order valence-corrected chi connectivity index (χ4v) is 3.73. The van der Waals surface area contributed by atoms with Crippen molar-refractivity contribution in [3.8, 4) is 0 Å². The molecule has 0 amide bonds. The van der Waals surface area contributed by atoms with Crippen LogP contribution in [0.2, 0.25) is 0 Å². The summed E-state index contributed by atoms with van der Waals surface area (Å²) in [6.07, 6.45) is 5.06. The molecule has 1 fully saturated rings. The van der Waals surface area contributed by atoms with Gasteiger partial charge in [-0.3, -0.25) is 0 Å². The molecule has 2 atom stereocenters. The van der Waals surface area contributed by atoms with Gasteiger partial charge in [0.25, 0.3) is 0 Å². The molecule has 1 aliphatic heterocycles. The Labute approximate surface area is 118 Å². The molecular weight excluding hydrogens is 256 g/mol. The number of hydrogen-bond acceptors (Lipinski definition) is 4. The molecule has 0 saturated carbocycles. The highest BCUT2D eigenvalue weighted by Crippen LogP contribution is 2.29. The first-order valence-corrected chi connectivity index (χ1v) is 7.91. The number of rotatable bonds is 3. The molecule has 1 aliphatic rings. The number of thioether (sulfide) groups is 1. The lowest BCUT2D eigenvalue weighted by Gasteiger charge is -2.17. The van der Waals surface area contributed by atoms with Crippen LogP contribution >= 0.6 is 11.8 Å². The monoisotopic (exact) mass is 276 g/mol. The van der Waals surface area contributed by atoms with Crippen molar-refractivity contribution in [1.82, 2.24) is 14.8 Å². The van der Waals surface area contributed by atoms with Gasteiger partial charge in [-0.05, 0) is 32.1 Å². The Bertz CT molecular complexity index is 578. The van der Waals surface area contributed by atoms with Crippen molar-refractivity contribution in [2.75, 3.05) is 11.1 Å². The van der Waals surface area contributed by atoms with Gasteiger partial charge in [-0.2, -0.15) is 16.9 Å². The average molecular weight is 276 g/mol. The largest absolute Gasteiger partial charge is 0.380 e. The Kier molecular flexibility index (Phi) is 3.39. The van der Waals surface area contributed by atoms with Crippen LogP contribution in [0.5, 0.6) is 0 Å². The summed E-state index contributed by atoms with van der Waals surface area (Å²) in [6.45, 7) is 6.54. The highest BCUT2D eigenvalue weighted by molar-refractivity contribution is 8.00. The van der Waals surface area contributed by atoms with E-state index in [1.165, 1.54) is 12.2 Å². The molecule has 102 valence electrons. The van der Waals surface area contributed by atoms with Gasteiger partial charge in [-0.1, -0.05) is 6.92 Å². The molecule has 1 saturated heterocycles. The number of fused-ring (bicyclic) bond motifs is 1. The van der Waals surface area contributed by atoms with Crippen molar-refractivity contribution in [3.63, 3.8) is 0 Å². The molecule has 0 aliphatic carbocycles. The predicted octanol–water partition coefficient (Wildman–Crippen LogP) is 3.32. The third-order valence-electron chi connectivity index (χ3n) is 3.65. The Balaban J connectivity index is 1.86. The van der Waals surface area contributed by atoms with Gasteiger partial charge in [-0.15, -0.1) is 0 Å². The van der Waals surface area contributed by atoms with Crippen molar-refractivity contribution in [3.05, 3.63) is 18.5 Å². The second-order valence-electron chi connectivity index (χ2n) is 5.44. The van der Waals surface area contributed by atoms with Crippen LogP contribution in [0.4, 0.5) is 5.69 Å². The minimum atomic E-state index is 0.343. The number of nitrogens with zero attached hydrogens (tertiary/aromatic N) is 3. The molecule has 4 nitrogen and oxygen atoms in total. The lowest BCUT2D eigenvalue weighted by Crippen LogP contribution is -2.24. The van der Waals surface area contributed by atoms with E-state index in [0.717, 1.165) is 16.7 Å². The quantitative estimate of drug-likeness (QED) is 0.934. The second kappa shape index (κ2) is 5.04. The summed E-state index contributed by atoms with van der Waals surface area (Å²) in [5.41, 5.74) is 2.07. The zero-order valence-electron chi connectivity index (χ0n) is 11.6. The first-order valence-electron chi connectivity index (χ1n) is 6.86. The van der Waals surface area contributed by atoms with Gasteiger partial charge in [0.05, 0.1) is 18.1 Å². The van der Waals surface area contributed by atoms with E-state index < -0.39 is 0 Å². The molecule has 0 spiro atoms. The molecule has 19 heavy (non-hydrogen) atoms. The van der Waals surface area contributed by atoms with E-state index in [0.29, 0.717) is 17.3 Å². The molecular formula is C14H20N4S. The van der Waals surface area contributed by atoms with Crippen LogP contribution in [-0.4, -0.2) is 31.8 Å². The van der Waals surface area contributed by atoms with E-state index in [4.69, 9.17) is 0 Å². The van der Waals surface area contributed by atoms with Gasteiger partial charge in [0.15, 0.2) is 5.65 Å². The number of aromatic nitrogens is 3. The number of anilines is 1. The van der Waals surface area contributed by atoms with Crippen LogP contribution in [0.15, 0.2) is 18.5 Å². The first kappa shape index (κ1) is 12.8. The topological polar surface area (TPSA) is 42.7 Å². The standard InChI is InChI=1S/C14H20N4S/c1-9(2)18-14-11(7-16-18)6-12(8-15-14)17-13-4-5-19-10(13)3/h6-10,13,17H,4-5H2,1-3H3. The summed E-state index contributed by atoms with van der Waals surface area (Å²) in [5, 5.41) is 9.79. The van der Waals surface area contributed by atoms with Crippen molar-refractivity contribution in [2.45, 2.75) is 44.5 Å². The second-order valence-corrected chi connectivity index (χ2v) is 6.92. The van der Waals surface area contributed by atoms with Crippen LogP contribution < -0.4 is 5.32 Å². The molecule has 0 aromatic carbocycles. The highest BCUT2D eigenvalue weighted by Gasteiger charge is 2.23. The van der Waals surface area contributed by atoms with Gasteiger partial charge < -0.3 is 5.32 Å². The van der Waals surface area contributed by atoms with Crippen LogP contribution in [0.1, 0.15) is 33.2 Å². The molecule has 5 heteroatoms. The van der Waals surface area contributed by atoms with Crippen LogP contribution in [0.3, 0.4) is 0 Å². The van der Waals surface area contributed by atoms with Crippen LogP contribution in [-0.2, 0) is 0 Å². The number of nitrogens with one attached hydrogen (secondary N) is 1. The van der Waals surface area contributed by atoms with Crippen molar-refractivity contribution in [2.24, 2.45) is 0 Å². The van der Waals surface area contributed by atoms with Gasteiger partial charge in [0, 0.05) is 22.7 Å². The van der Waals surface area contributed by atoms with E-state index in [1.807, 2.05) is 28.8 Å². The van der Waals surface area contributed by atoms with Gasteiger partial charge in [0.2, 0.25) is 0 Å². The maximum absolute atomic E-state index is 4.56. The molecule has 2 aromatic rings. The van der Waals surface area contributed by atoms with Gasteiger partial charge >= 0.3 is 0 Å². The van der Waals surface area contributed by atoms with Crippen molar-refractivity contribution >= 4 is 28.5 Å². The molecule has 1 N–H and O–H groups in total. The lowest BCUT2D eigenvalue weighted by molar-refractivity contribution is 0.546. The first-order chi connectivity index (χ1) is 9.15. The lowest BCUT2D eigenvalue weighted by atomic mass is 10.1. The zero-order valence-corrected chi connectivity index (χ0v) is 12.4. The molecule has 0 bridgehead atoms. The molecule has 3 rings (SSSR count). The van der Waals surface area contributed by atoms with E-state index in [2.05, 4.69) is 42.2 Å². The average Bonchev–Trinajstić information content (AvgIpc) is 2.96. The minimum absolute atomic E-state index is 0.343. The van der Waals surface area contributed by atoms with Crippen LogP contribution in [0, 0.1) is 0 Å². The van der Waals surface area contributed by atoms with E-state index in [1.54, 1.807) is 0 Å². The molecule has 0 radical (unpaired) electrons. The van der Waals surface area contributed by atoms with Crippen LogP contribution in [0.25, 0.3) is 11.0 Å². The zero-order chi connectivity index (χ0) is 13.4. The van der Waals surface area contributed by atoms with E-state index in [9.17, 15) is 0 Å². The molecule has 2 unspecified atom stereocenters. The predicted molar refractivity (Wildman–Crippen MR) is 81.9 cm³/mol. The number of hydrogen-bond donors (Lipinski definition) is 1. The summed E-state index contributed by atoms with van der Waals surface area (Å²) in [7, 11) is 0. The Hall–Kier alpha value is -1.23. The Morgan fingerprint density at radius 1 is 1.42 bits per heavy atom. The molecule has 3 heterocycles. The van der Waals surface area contributed by atoms with E-state index >= 15 is 0 Å². The third-order valence-corrected chi connectivity index (χ3v) is 4.98. The summed E-state index contributed by atoms with van der Waals surface area (Å²) < 4.78 is 1.97.